The molecule has 0 aromatic carbocycles. The molecule has 1 aromatic heterocycles. The molecule has 2 unspecified atom stereocenters. The second-order valence-electron chi connectivity index (χ2n) is 4.25. The largest absolute Gasteiger partial charge is 0.253 e. The Hall–Kier alpha value is 0.0600. The zero-order valence-electron chi connectivity index (χ0n) is 8.80. The first-order valence-corrected chi connectivity index (χ1v) is 9.07. The van der Waals surface area contributed by atoms with Gasteiger partial charge in [-0.15, -0.1) is 11.3 Å². The highest BCUT2D eigenvalue weighted by atomic mass is 79.9. The summed E-state index contributed by atoms with van der Waals surface area (Å²) in [6, 6.07) is 0. The first-order valence-electron chi connectivity index (χ1n) is 5.24. The molecule has 16 heavy (non-hydrogen) atoms. The lowest BCUT2D eigenvalue weighted by Gasteiger charge is -2.18. The normalized spacial score (nSPS) is 25.7. The van der Waals surface area contributed by atoms with Gasteiger partial charge in [-0.2, -0.15) is 0 Å². The van der Waals surface area contributed by atoms with Crippen LogP contribution in [0.1, 0.15) is 11.3 Å². The molecular weight excluding hydrogens is 310 g/mol. The summed E-state index contributed by atoms with van der Waals surface area (Å²) in [7, 11) is -2.76. The first-order chi connectivity index (χ1) is 7.61. The van der Waals surface area contributed by atoms with E-state index in [1.807, 2.05) is 11.7 Å². The van der Waals surface area contributed by atoms with Gasteiger partial charge in [-0.05, 0) is 24.7 Å². The van der Waals surface area contributed by atoms with Crippen LogP contribution in [-0.4, -0.2) is 30.2 Å². The molecule has 0 aliphatic carbocycles. The van der Waals surface area contributed by atoms with Crippen LogP contribution in [0.5, 0.6) is 0 Å². The Morgan fingerprint density at radius 3 is 2.94 bits per heavy atom. The lowest BCUT2D eigenvalue weighted by Crippen LogP contribution is -2.19. The molecule has 0 radical (unpaired) electrons. The van der Waals surface area contributed by atoms with Crippen LogP contribution >= 0.6 is 27.3 Å². The molecule has 1 fully saturated rings. The minimum atomic E-state index is -2.76. The van der Waals surface area contributed by atoms with Crippen LogP contribution in [-0.2, 0) is 16.3 Å². The fourth-order valence-corrected chi connectivity index (χ4v) is 5.51. The van der Waals surface area contributed by atoms with Gasteiger partial charge in [-0.25, -0.2) is 8.42 Å². The van der Waals surface area contributed by atoms with Crippen LogP contribution in [0.3, 0.4) is 0 Å². The zero-order valence-corrected chi connectivity index (χ0v) is 12.0. The summed E-state index contributed by atoms with van der Waals surface area (Å²) in [6.07, 6.45) is 3.64. The van der Waals surface area contributed by atoms with E-state index in [-0.39, 0.29) is 0 Å². The maximum absolute atomic E-state index is 11.4. The maximum Gasteiger partial charge on any atom is 0.150 e. The number of rotatable bonds is 4. The van der Waals surface area contributed by atoms with Crippen LogP contribution in [0.2, 0.25) is 0 Å². The molecule has 0 amide bonds. The third-order valence-corrected chi connectivity index (χ3v) is 6.51. The highest BCUT2D eigenvalue weighted by Gasteiger charge is 2.33. The molecule has 90 valence electrons. The molecule has 6 heteroatoms. The summed E-state index contributed by atoms with van der Waals surface area (Å²) in [5, 5.41) is 0.866. The van der Waals surface area contributed by atoms with Crippen molar-refractivity contribution < 1.29 is 8.42 Å². The fraction of sp³-hybridized carbons (Fsp3) is 0.700. The molecule has 0 spiro atoms. The number of sulfone groups is 1. The van der Waals surface area contributed by atoms with Crippen molar-refractivity contribution in [1.82, 2.24) is 4.98 Å². The van der Waals surface area contributed by atoms with E-state index in [2.05, 4.69) is 20.9 Å². The molecule has 1 aliphatic heterocycles. The molecule has 2 rings (SSSR count). The minimum absolute atomic E-state index is 0.312. The highest BCUT2D eigenvalue weighted by molar-refractivity contribution is 9.09. The summed E-state index contributed by atoms with van der Waals surface area (Å²) < 4.78 is 22.9. The molecular formula is C10H14BrNO2S2. The van der Waals surface area contributed by atoms with Gasteiger partial charge in [0, 0.05) is 16.4 Å². The van der Waals surface area contributed by atoms with Crippen LogP contribution < -0.4 is 0 Å². The van der Waals surface area contributed by atoms with Gasteiger partial charge in [0.05, 0.1) is 17.0 Å². The summed E-state index contributed by atoms with van der Waals surface area (Å²) in [5.41, 5.74) is 1.83. The molecule has 3 nitrogen and oxygen atoms in total. The summed E-state index contributed by atoms with van der Waals surface area (Å²) in [4.78, 5) is 5.29. The van der Waals surface area contributed by atoms with Crippen molar-refractivity contribution in [2.75, 3.05) is 16.8 Å². The zero-order chi connectivity index (χ0) is 11.6. The number of thiazole rings is 1. The second-order valence-corrected chi connectivity index (χ2v) is 8.10. The first kappa shape index (κ1) is 12.5. The van der Waals surface area contributed by atoms with Gasteiger partial charge in [-0.1, -0.05) is 15.9 Å². The van der Waals surface area contributed by atoms with E-state index in [0.29, 0.717) is 23.3 Å². The van der Waals surface area contributed by atoms with E-state index in [9.17, 15) is 8.42 Å². The van der Waals surface area contributed by atoms with E-state index in [1.54, 1.807) is 11.3 Å². The van der Waals surface area contributed by atoms with Gasteiger partial charge in [0.15, 0.2) is 9.84 Å². The van der Waals surface area contributed by atoms with Crippen LogP contribution in [0.25, 0.3) is 0 Å². The third kappa shape index (κ3) is 3.05. The van der Waals surface area contributed by atoms with Crippen LogP contribution in [0.4, 0.5) is 0 Å². The smallest absolute Gasteiger partial charge is 0.150 e. The molecule has 1 saturated heterocycles. The molecule has 1 aromatic rings. The minimum Gasteiger partial charge on any atom is -0.253 e. The van der Waals surface area contributed by atoms with E-state index in [4.69, 9.17) is 0 Å². The molecule has 1 aliphatic rings. The van der Waals surface area contributed by atoms with Gasteiger partial charge >= 0.3 is 0 Å². The van der Waals surface area contributed by atoms with Crippen molar-refractivity contribution in [3.8, 4) is 0 Å². The highest BCUT2D eigenvalue weighted by Crippen LogP contribution is 2.30. The van der Waals surface area contributed by atoms with E-state index >= 15 is 0 Å². The molecule has 0 saturated carbocycles. The second kappa shape index (κ2) is 5.14. The van der Waals surface area contributed by atoms with Gasteiger partial charge in [0.1, 0.15) is 0 Å². The van der Waals surface area contributed by atoms with Crippen molar-refractivity contribution >= 4 is 37.1 Å². The lowest BCUT2D eigenvalue weighted by molar-refractivity contribution is 0.404. The van der Waals surface area contributed by atoms with Gasteiger partial charge < -0.3 is 0 Å². The number of hydrogen-bond acceptors (Lipinski definition) is 4. The van der Waals surface area contributed by atoms with Crippen LogP contribution in [0.15, 0.2) is 11.7 Å². The van der Waals surface area contributed by atoms with Crippen molar-refractivity contribution in [2.45, 2.75) is 12.8 Å². The number of alkyl halides is 1. The van der Waals surface area contributed by atoms with E-state index in [0.717, 1.165) is 18.2 Å². The summed E-state index contributed by atoms with van der Waals surface area (Å²) >= 11 is 5.14. The van der Waals surface area contributed by atoms with E-state index < -0.39 is 9.84 Å². The van der Waals surface area contributed by atoms with Gasteiger partial charge in [0.25, 0.3) is 0 Å². The molecule has 0 N–H and O–H groups in total. The summed E-state index contributed by atoms with van der Waals surface area (Å²) in [6.45, 7) is 0. The Morgan fingerprint density at radius 2 is 2.44 bits per heavy atom. The average Bonchev–Trinajstić information content (AvgIpc) is 2.83. The molecule has 2 heterocycles. The number of aromatic nitrogens is 1. The Morgan fingerprint density at radius 1 is 1.62 bits per heavy atom. The third-order valence-electron chi connectivity index (χ3n) is 3.08. The topological polar surface area (TPSA) is 47.0 Å². The van der Waals surface area contributed by atoms with Gasteiger partial charge in [-0.3, -0.25) is 4.98 Å². The maximum atomic E-state index is 11.4. The molecule has 0 bridgehead atoms. The Bertz CT molecular complexity index is 430. The molecule has 2 atom stereocenters. The van der Waals surface area contributed by atoms with Crippen molar-refractivity contribution in [2.24, 2.45) is 11.8 Å². The Labute approximate surface area is 108 Å². The quantitative estimate of drug-likeness (QED) is 0.797. The predicted octanol–water partition coefficient (Wildman–Crippen LogP) is 2.13. The SMILES string of the molecule is O=S1(=O)CCC(C(CBr)Cc2cncs2)C1. The van der Waals surface area contributed by atoms with Crippen LogP contribution in [0, 0.1) is 11.8 Å². The Kier molecular flexibility index (Phi) is 4.02. The van der Waals surface area contributed by atoms with Crippen molar-refractivity contribution in [3.05, 3.63) is 16.6 Å². The standard InChI is InChI=1S/C10H14BrNO2S2/c11-4-9(3-10-5-12-7-15-10)8-1-2-16(13,14)6-8/h5,7-9H,1-4,6H2. The van der Waals surface area contributed by atoms with Crippen molar-refractivity contribution in [3.63, 3.8) is 0 Å². The number of hydrogen-bond donors (Lipinski definition) is 0. The number of halogens is 1. The monoisotopic (exact) mass is 323 g/mol. The van der Waals surface area contributed by atoms with E-state index in [1.165, 1.54) is 4.88 Å². The average molecular weight is 324 g/mol. The summed E-state index contributed by atoms with van der Waals surface area (Å²) in [5.74, 6) is 1.45. The fourth-order valence-electron chi connectivity index (χ4n) is 2.14. The Balaban J connectivity index is 2.01. The number of nitrogens with zero attached hydrogens (tertiary/aromatic N) is 1. The predicted molar refractivity (Wildman–Crippen MR) is 69.9 cm³/mol. The van der Waals surface area contributed by atoms with Gasteiger partial charge in [0.2, 0.25) is 0 Å². The van der Waals surface area contributed by atoms with Crippen molar-refractivity contribution in [1.29, 1.82) is 0 Å². The lowest BCUT2D eigenvalue weighted by atomic mass is 9.90.